The Balaban J connectivity index is 1.92. The average molecular weight is 478 g/mol. The van der Waals surface area contributed by atoms with Crippen LogP contribution in [-0.4, -0.2) is 35.0 Å². The van der Waals surface area contributed by atoms with Crippen molar-refractivity contribution >= 4 is 40.7 Å². The molecule has 0 aliphatic carbocycles. The van der Waals surface area contributed by atoms with Crippen LogP contribution in [-0.2, 0) is 20.8 Å². The number of methoxy groups -OCH3 is 1. The maximum Gasteiger partial charge on any atom is 0.307 e. The molecule has 0 aromatic heterocycles. The zero-order chi connectivity index (χ0) is 24.4. The number of Topliss-reactive ketones (excluding diaryl/α,β-unsaturated/α-hetero) is 1. The molecule has 4 rings (SSSR count). The van der Waals surface area contributed by atoms with Gasteiger partial charge in [-0.2, -0.15) is 0 Å². The van der Waals surface area contributed by atoms with Crippen LogP contribution in [0.15, 0.2) is 78.4 Å². The average Bonchev–Trinajstić information content (AvgIpc) is 3.09. The molecule has 3 aromatic rings. The highest BCUT2D eigenvalue weighted by Gasteiger charge is 2.47. The first-order valence-electron chi connectivity index (χ1n) is 10.3. The molecule has 1 unspecified atom stereocenters. The number of aliphatic hydroxyl groups excluding tert-OH is 1. The third kappa shape index (κ3) is 4.25. The number of carbonyl (C=O) groups is 3. The lowest BCUT2D eigenvalue weighted by molar-refractivity contribution is -0.136. The summed E-state index contributed by atoms with van der Waals surface area (Å²) in [6.07, 6.45) is -0.177. The monoisotopic (exact) mass is 477 g/mol. The van der Waals surface area contributed by atoms with Gasteiger partial charge in [0, 0.05) is 21.8 Å². The second-order valence-electron chi connectivity index (χ2n) is 7.66. The highest BCUT2D eigenvalue weighted by atomic mass is 35.5. The number of carbonyl (C=O) groups excluding carboxylic acids is 2. The Morgan fingerprint density at radius 3 is 2.35 bits per heavy atom. The number of anilines is 1. The zero-order valence-electron chi connectivity index (χ0n) is 18.1. The van der Waals surface area contributed by atoms with Crippen molar-refractivity contribution in [3.8, 4) is 5.75 Å². The van der Waals surface area contributed by atoms with Gasteiger partial charge in [-0.3, -0.25) is 19.3 Å². The highest BCUT2D eigenvalue weighted by molar-refractivity contribution is 6.51. The van der Waals surface area contributed by atoms with Crippen LogP contribution in [0.4, 0.5) is 5.69 Å². The Morgan fingerprint density at radius 1 is 1.00 bits per heavy atom. The molecule has 0 radical (unpaired) electrons. The minimum Gasteiger partial charge on any atom is -0.507 e. The van der Waals surface area contributed by atoms with Crippen molar-refractivity contribution in [3.05, 3.63) is 100 Å². The fraction of sp³-hybridized carbons (Fsp3) is 0.115. The number of carboxylic acids is 1. The summed E-state index contributed by atoms with van der Waals surface area (Å²) in [7, 11) is 1.47. The fourth-order valence-corrected chi connectivity index (χ4v) is 4.22. The van der Waals surface area contributed by atoms with Gasteiger partial charge in [0.25, 0.3) is 11.7 Å². The van der Waals surface area contributed by atoms with E-state index in [1.807, 2.05) is 0 Å². The number of hydrogen-bond donors (Lipinski definition) is 2. The Kier molecular flexibility index (Phi) is 6.38. The van der Waals surface area contributed by atoms with E-state index in [2.05, 4.69) is 0 Å². The highest BCUT2D eigenvalue weighted by Crippen LogP contribution is 2.45. The molecule has 1 saturated heterocycles. The molecule has 8 heteroatoms. The first-order valence-corrected chi connectivity index (χ1v) is 10.7. The molecule has 0 spiro atoms. The first-order chi connectivity index (χ1) is 16.3. The molecule has 2 N–H and O–H groups in total. The second kappa shape index (κ2) is 9.41. The van der Waals surface area contributed by atoms with Gasteiger partial charge in [-0.05, 0) is 35.9 Å². The molecule has 7 nitrogen and oxygen atoms in total. The number of amides is 1. The molecule has 3 aromatic carbocycles. The van der Waals surface area contributed by atoms with E-state index in [0.29, 0.717) is 33.1 Å². The minimum atomic E-state index is -0.986. The van der Waals surface area contributed by atoms with E-state index in [0.717, 1.165) is 0 Å². The summed E-state index contributed by atoms with van der Waals surface area (Å²) in [6, 6.07) is 18.6. The summed E-state index contributed by atoms with van der Waals surface area (Å²) in [4.78, 5) is 38.8. The molecule has 0 saturated carbocycles. The van der Waals surface area contributed by atoms with Crippen LogP contribution in [0.3, 0.4) is 0 Å². The molecule has 1 atom stereocenters. The normalized spacial score (nSPS) is 17.1. The maximum atomic E-state index is 13.2. The minimum absolute atomic E-state index is 0.105. The van der Waals surface area contributed by atoms with Crippen LogP contribution in [0.5, 0.6) is 5.75 Å². The molecule has 1 fully saturated rings. The van der Waals surface area contributed by atoms with Crippen molar-refractivity contribution in [2.45, 2.75) is 12.5 Å². The molecule has 1 amide bonds. The van der Waals surface area contributed by atoms with Crippen molar-refractivity contribution in [3.63, 3.8) is 0 Å². The van der Waals surface area contributed by atoms with Gasteiger partial charge in [0.1, 0.15) is 11.5 Å². The second-order valence-corrected chi connectivity index (χ2v) is 8.09. The van der Waals surface area contributed by atoms with Gasteiger partial charge < -0.3 is 14.9 Å². The van der Waals surface area contributed by atoms with E-state index in [1.54, 1.807) is 66.7 Å². The quantitative estimate of drug-likeness (QED) is 0.305. The molecule has 34 heavy (non-hydrogen) atoms. The van der Waals surface area contributed by atoms with Crippen LogP contribution in [0.1, 0.15) is 22.7 Å². The largest absolute Gasteiger partial charge is 0.507 e. The molecule has 0 bridgehead atoms. The topological polar surface area (TPSA) is 104 Å². The predicted octanol–water partition coefficient (Wildman–Crippen LogP) is 4.60. The number of aliphatic carboxylic acids is 1. The van der Waals surface area contributed by atoms with E-state index in [4.69, 9.17) is 21.4 Å². The lowest BCUT2D eigenvalue weighted by Gasteiger charge is -2.26. The zero-order valence-corrected chi connectivity index (χ0v) is 18.8. The molecule has 172 valence electrons. The Hall–Kier alpha value is -4.10. The van der Waals surface area contributed by atoms with Crippen molar-refractivity contribution in [2.24, 2.45) is 0 Å². The van der Waals surface area contributed by atoms with Crippen LogP contribution < -0.4 is 9.64 Å². The van der Waals surface area contributed by atoms with Crippen molar-refractivity contribution in [1.29, 1.82) is 0 Å². The number of benzene rings is 3. The number of aliphatic hydroxyl groups is 1. The Labute approximate surface area is 200 Å². The molecule has 1 heterocycles. The third-order valence-electron chi connectivity index (χ3n) is 5.55. The number of ketones is 1. The van der Waals surface area contributed by atoms with Crippen LogP contribution in [0.25, 0.3) is 5.76 Å². The number of ether oxygens (including phenoxy) is 1. The number of hydrogen-bond acceptors (Lipinski definition) is 5. The third-order valence-corrected chi connectivity index (χ3v) is 5.78. The fourth-order valence-electron chi connectivity index (χ4n) is 4.03. The van der Waals surface area contributed by atoms with Gasteiger partial charge in [0.2, 0.25) is 0 Å². The van der Waals surface area contributed by atoms with Gasteiger partial charge in [0.15, 0.2) is 0 Å². The number of nitrogens with zero attached hydrogens (tertiary/aromatic N) is 1. The SMILES string of the molecule is COc1ccccc1C1/C(=C(/O)c2cccc(Cl)c2)C(=O)C(=O)N1c1ccc(CC(=O)O)cc1. The van der Waals surface area contributed by atoms with Gasteiger partial charge >= 0.3 is 5.97 Å². The molecule has 1 aliphatic rings. The van der Waals surface area contributed by atoms with E-state index in [-0.39, 0.29) is 17.8 Å². The van der Waals surface area contributed by atoms with Crippen LogP contribution in [0, 0.1) is 0 Å². The Bertz CT molecular complexity index is 1310. The maximum absolute atomic E-state index is 13.2. The number of halogens is 1. The van der Waals surface area contributed by atoms with E-state index >= 15 is 0 Å². The molecular weight excluding hydrogens is 458 g/mol. The van der Waals surface area contributed by atoms with Gasteiger partial charge in [0.05, 0.1) is 25.1 Å². The van der Waals surface area contributed by atoms with Crippen molar-refractivity contribution in [1.82, 2.24) is 0 Å². The van der Waals surface area contributed by atoms with Crippen LogP contribution >= 0.6 is 11.6 Å². The number of para-hydroxylation sites is 1. The smallest absolute Gasteiger partial charge is 0.307 e. The first kappa shape index (κ1) is 23.1. The summed E-state index contributed by atoms with van der Waals surface area (Å²) >= 11 is 6.08. The number of carboxylic acid groups (broad SMARTS) is 1. The van der Waals surface area contributed by atoms with Gasteiger partial charge in [-0.1, -0.05) is 54.1 Å². The van der Waals surface area contributed by atoms with Gasteiger partial charge in [-0.25, -0.2) is 0 Å². The Morgan fingerprint density at radius 2 is 1.71 bits per heavy atom. The summed E-state index contributed by atoms with van der Waals surface area (Å²) in [5.74, 6) is -2.60. The van der Waals surface area contributed by atoms with Crippen molar-refractivity contribution < 1.29 is 29.3 Å². The van der Waals surface area contributed by atoms with E-state index in [1.165, 1.54) is 18.1 Å². The number of rotatable bonds is 6. The summed E-state index contributed by atoms with van der Waals surface area (Å²) in [5, 5.41) is 20.5. The predicted molar refractivity (Wildman–Crippen MR) is 127 cm³/mol. The van der Waals surface area contributed by atoms with Crippen molar-refractivity contribution in [2.75, 3.05) is 12.0 Å². The molecule has 1 aliphatic heterocycles. The summed E-state index contributed by atoms with van der Waals surface area (Å²) in [5.41, 5.74) is 1.61. The standard InChI is InChI=1S/C26H20ClNO6/c1-34-20-8-3-2-7-19(20)23-22(24(31)16-5-4-6-17(27)14-16)25(32)26(33)28(23)18-11-9-15(10-12-18)13-21(29)30/h2-12,14,23,31H,13H2,1H3,(H,29,30)/b24-22-. The van der Waals surface area contributed by atoms with Crippen LogP contribution in [0.2, 0.25) is 5.02 Å². The van der Waals surface area contributed by atoms with Gasteiger partial charge in [-0.15, -0.1) is 0 Å². The summed E-state index contributed by atoms with van der Waals surface area (Å²) < 4.78 is 5.49. The lowest BCUT2D eigenvalue weighted by atomic mass is 9.94. The molecular formula is C26H20ClNO6. The summed E-state index contributed by atoms with van der Waals surface area (Å²) in [6.45, 7) is 0. The van der Waals surface area contributed by atoms with E-state index < -0.39 is 23.7 Å². The lowest BCUT2D eigenvalue weighted by Crippen LogP contribution is -2.29. The van der Waals surface area contributed by atoms with E-state index in [9.17, 15) is 19.5 Å².